The minimum Gasteiger partial charge on any atom is -0.462 e. The summed E-state index contributed by atoms with van der Waals surface area (Å²) in [5.41, 5.74) is -0.766. The van der Waals surface area contributed by atoms with Crippen molar-refractivity contribution < 1.29 is 18.3 Å². The van der Waals surface area contributed by atoms with E-state index in [2.05, 4.69) is 4.98 Å². The number of aromatic nitrogens is 1. The maximum absolute atomic E-state index is 13.6. The van der Waals surface area contributed by atoms with E-state index in [4.69, 9.17) is 4.74 Å². The van der Waals surface area contributed by atoms with Gasteiger partial charge in [0.1, 0.15) is 5.56 Å². The molecule has 1 heterocycles. The monoisotopic (exact) mass is 299 g/mol. The Morgan fingerprint density at radius 3 is 2.75 bits per heavy atom. The number of esters is 1. The first-order chi connectivity index (χ1) is 9.51. The zero-order valence-electron chi connectivity index (χ0n) is 10.8. The third kappa shape index (κ3) is 2.29. The second kappa shape index (κ2) is 5.62. The molecule has 0 amide bonds. The Bertz CT molecular complexity index is 742. The van der Waals surface area contributed by atoms with Crippen molar-refractivity contribution in [1.82, 2.24) is 4.98 Å². The molecule has 0 aliphatic carbocycles. The van der Waals surface area contributed by atoms with Gasteiger partial charge in [-0.05, 0) is 19.2 Å². The Morgan fingerprint density at radius 2 is 2.15 bits per heavy atom. The van der Waals surface area contributed by atoms with Gasteiger partial charge in [-0.25, -0.2) is 13.6 Å². The van der Waals surface area contributed by atoms with Gasteiger partial charge in [0, 0.05) is 6.20 Å². The summed E-state index contributed by atoms with van der Waals surface area (Å²) in [7, 11) is 0. The van der Waals surface area contributed by atoms with Gasteiger partial charge in [0.25, 0.3) is 0 Å². The summed E-state index contributed by atoms with van der Waals surface area (Å²) in [6.07, 6.45) is 2.72. The van der Waals surface area contributed by atoms with Crippen molar-refractivity contribution in [3.63, 3.8) is 0 Å². The summed E-state index contributed by atoms with van der Waals surface area (Å²) >= 11 is 0.971. The fraction of sp³-hybridized carbons (Fsp3) is 0.231. The molecule has 1 aromatic heterocycles. The lowest BCUT2D eigenvalue weighted by Crippen LogP contribution is -2.18. The fourth-order valence-electron chi connectivity index (χ4n) is 1.83. The number of nitrogens with one attached hydrogen (secondary N) is 1. The molecule has 20 heavy (non-hydrogen) atoms. The number of carbonyl (C=O) groups is 1. The molecule has 0 aliphatic rings. The normalized spacial score (nSPS) is 10.8. The second-order valence-electron chi connectivity index (χ2n) is 3.88. The van der Waals surface area contributed by atoms with Gasteiger partial charge >= 0.3 is 5.97 Å². The largest absolute Gasteiger partial charge is 0.462 e. The molecular formula is C13H11F2NO3S. The van der Waals surface area contributed by atoms with Crippen LogP contribution in [0.4, 0.5) is 8.78 Å². The first-order valence-electron chi connectivity index (χ1n) is 5.75. The molecule has 0 spiro atoms. The maximum Gasteiger partial charge on any atom is 0.343 e. The second-order valence-corrected chi connectivity index (χ2v) is 4.70. The summed E-state index contributed by atoms with van der Waals surface area (Å²) in [5, 5.41) is -0.0844. The third-order valence-electron chi connectivity index (χ3n) is 2.73. The smallest absolute Gasteiger partial charge is 0.343 e. The average Bonchev–Trinajstić information content (AvgIpc) is 2.42. The molecule has 7 heteroatoms. The standard InChI is InChI=1S/C13H11F2NO3S/c1-3-19-13(18)7-5-16-10-6(11(7)17)4-8(14)9(15)12(10)20-2/h4-5H,3H2,1-2H3,(H,16,17). The number of thioether (sulfide) groups is 1. The van der Waals surface area contributed by atoms with Crippen molar-refractivity contribution in [3.05, 3.63) is 39.7 Å². The lowest BCUT2D eigenvalue weighted by Gasteiger charge is -2.08. The van der Waals surface area contributed by atoms with E-state index in [-0.39, 0.29) is 28.0 Å². The molecule has 0 aliphatic heterocycles. The number of pyridine rings is 1. The van der Waals surface area contributed by atoms with Gasteiger partial charge in [-0.1, -0.05) is 0 Å². The van der Waals surface area contributed by atoms with Crippen LogP contribution in [0.1, 0.15) is 17.3 Å². The van der Waals surface area contributed by atoms with Crippen molar-refractivity contribution in [2.24, 2.45) is 0 Å². The van der Waals surface area contributed by atoms with E-state index in [1.165, 1.54) is 0 Å². The SMILES string of the molecule is CCOC(=O)c1c[nH]c2c(SC)c(F)c(F)cc2c1=O. The van der Waals surface area contributed by atoms with Gasteiger partial charge < -0.3 is 9.72 Å². The Kier molecular flexibility index (Phi) is 4.08. The van der Waals surface area contributed by atoms with Gasteiger partial charge in [0.15, 0.2) is 11.6 Å². The number of fused-ring (bicyclic) bond motifs is 1. The van der Waals surface area contributed by atoms with E-state index in [0.717, 1.165) is 24.0 Å². The zero-order valence-corrected chi connectivity index (χ0v) is 11.6. The van der Waals surface area contributed by atoms with Gasteiger partial charge in [-0.2, -0.15) is 0 Å². The highest BCUT2D eigenvalue weighted by molar-refractivity contribution is 7.98. The summed E-state index contributed by atoms with van der Waals surface area (Å²) < 4.78 is 31.9. The molecule has 4 nitrogen and oxygen atoms in total. The summed E-state index contributed by atoms with van der Waals surface area (Å²) in [6.45, 7) is 1.72. The van der Waals surface area contributed by atoms with Crippen molar-refractivity contribution in [3.8, 4) is 0 Å². The van der Waals surface area contributed by atoms with Crippen LogP contribution in [0.3, 0.4) is 0 Å². The molecule has 0 atom stereocenters. The van der Waals surface area contributed by atoms with Gasteiger partial charge in [0.05, 0.1) is 22.4 Å². The number of hydrogen-bond donors (Lipinski definition) is 1. The summed E-state index contributed by atoms with van der Waals surface area (Å²) in [6, 6.07) is 0.784. The van der Waals surface area contributed by atoms with E-state index in [0.29, 0.717) is 0 Å². The van der Waals surface area contributed by atoms with Crippen molar-refractivity contribution in [2.75, 3.05) is 12.9 Å². The topological polar surface area (TPSA) is 59.2 Å². The summed E-state index contributed by atoms with van der Waals surface area (Å²) in [5.74, 6) is -2.95. The number of halogens is 2. The first-order valence-corrected chi connectivity index (χ1v) is 6.98. The number of H-pyrrole nitrogens is 1. The lowest BCUT2D eigenvalue weighted by atomic mass is 10.1. The highest BCUT2D eigenvalue weighted by Crippen LogP contribution is 2.28. The van der Waals surface area contributed by atoms with E-state index in [1.807, 2.05) is 0 Å². The number of carbonyl (C=O) groups excluding carboxylic acids is 1. The molecule has 1 N–H and O–H groups in total. The van der Waals surface area contributed by atoms with Crippen LogP contribution < -0.4 is 5.43 Å². The minimum atomic E-state index is -1.13. The molecule has 0 saturated carbocycles. The first kappa shape index (κ1) is 14.5. The molecule has 0 bridgehead atoms. The van der Waals surface area contributed by atoms with E-state index >= 15 is 0 Å². The van der Waals surface area contributed by atoms with Crippen LogP contribution in [0.5, 0.6) is 0 Å². The van der Waals surface area contributed by atoms with Crippen LogP contribution in [0.2, 0.25) is 0 Å². The van der Waals surface area contributed by atoms with E-state index in [9.17, 15) is 18.4 Å². The Hall–Kier alpha value is -1.89. The lowest BCUT2D eigenvalue weighted by molar-refractivity contribution is 0.0524. The molecule has 2 aromatic rings. The zero-order chi connectivity index (χ0) is 14.9. The van der Waals surface area contributed by atoms with Gasteiger partial charge in [-0.3, -0.25) is 4.79 Å². The Morgan fingerprint density at radius 1 is 1.45 bits per heavy atom. The van der Waals surface area contributed by atoms with Gasteiger partial charge in [0.2, 0.25) is 5.43 Å². The average molecular weight is 299 g/mol. The summed E-state index contributed by atoms with van der Waals surface area (Å²) in [4.78, 5) is 26.4. The highest BCUT2D eigenvalue weighted by atomic mass is 32.2. The number of rotatable bonds is 3. The van der Waals surface area contributed by atoms with Gasteiger partial charge in [-0.15, -0.1) is 11.8 Å². The fourth-order valence-corrected chi connectivity index (χ4v) is 2.48. The molecule has 0 radical (unpaired) electrons. The van der Waals surface area contributed by atoms with Crippen LogP contribution in [-0.4, -0.2) is 23.8 Å². The number of benzene rings is 1. The molecule has 106 valence electrons. The van der Waals surface area contributed by atoms with Crippen LogP contribution in [0.25, 0.3) is 10.9 Å². The quantitative estimate of drug-likeness (QED) is 0.699. The highest BCUT2D eigenvalue weighted by Gasteiger charge is 2.19. The van der Waals surface area contributed by atoms with E-state index < -0.39 is 23.0 Å². The van der Waals surface area contributed by atoms with Crippen molar-refractivity contribution in [1.29, 1.82) is 0 Å². The predicted octanol–water partition coefficient (Wildman–Crippen LogP) is 2.70. The number of ether oxygens (including phenoxy) is 1. The molecule has 0 fully saturated rings. The van der Waals surface area contributed by atoms with Crippen LogP contribution >= 0.6 is 11.8 Å². The molecule has 2 rings (SSSR count). The molecule has 0 unspecified atom stereocenters. The van der Waals surface area contributed by atoms with Crippen molar-refractivity contribution in [2.45, 2.75) is 11.8 Å². The molecule has 0 saturated heterocycles. The van der Waals surface area contributed by atoms with Crippen molar-refractivity contribution >= 4 is 28.6 Å². The van der Waals surface area contributed by atoms with Crippen LogP contribution in [-0.2, 0) is 4.74 Å². The Balaban J connectivity index is 2.78. The number of aromatic amines is 1. The van der Waals surface area contributed by atoms with Crippen LogP contribution in [0.15, 0.2) is 22.0 Å². The molecule has 1 aromatic carbocycles. The maximum atomic E-state index is 13.6. The van der Waals surface area contributed by atoms with Crippen LogP contribution in [0, 0.1) is 11.6 Å². The molecular weight excluding hydrogens is 288 g/mol. The minimum absolute atomic E-state index is 0.00694. The predicted molar refractivity (Wildman–Crippen MR) is 72.2 cm³/mol. The van der Waals surface area contributed by atoms with E-state index in [1.54, 1.807) is 13.2 Å². The Labute approximate surface area is 117 Å². The number of hydrogen-bond acceptors (Lipinski definition) is 4. The third-order valence-corrected chi connectivity index (χ3v) is 3.52.